The summed E-state index contributed by atoms with van der Waals surface area (Å²) in [5.41, 5.74) is 2.53. The summed E-state index contributed by atoms with van der Waals surface area (Å²) in [5.74, 6) is -0.153. The number of carbonyl (C=O) groups is 1. The molecule has 4 nitrogen and oxygen atoms in total. The van der Waals surface area contributed by atoms with Gasteiger partial charge in [0.25, 0.3) is 5.91 Å². The first-order valence-corrected chi connectivity index (χ1v) is 6.06. The number of aromatic amines is 1. The minimum absolute atomic E-state index is 0.153. The molecule has 0 saturated heterocycles. The largest absolute Gasteiger partial charge is 0.352 e. The second-order valence-corrected chi connectivity index (χ2v) is 4.47. The number of aryl methyl sites for hydroxylation is 1. The van der Waals surface area contributed by atoms with Gasteiger partial charge in [0.05, 0.1) is 16.9 Å². The van der Waals surface area contributed by atoms with Crippen LogP contribution in [0.5, 0.6) is 0 Å². The second kappa shape index (κ2) is 5.69. The summed E-state index contributed by atoms with van der Waals surface area (Å²) in [6.45, 7) is 2.48. The fourth-order valence-corrected chi connectivity index (χ4v) is 1.95. The van der Waals surface area contributed by atoms with Crippen LogP contribution < -0.4 is 5.32 Å². The van der Waals surface area contributed by atoms with Crippen LogP contribution in [0.3, 0.4) is 0 Å². The van der Waals surface area contributed by atoms with Crippen molar-refractivity contribution >= 4 is 17.5 Å². The van der Waals surface area contributed by atoms with Gasteiger partial charge in [-0.15, -0.1) is 0 Å². The first-order valence-electron chi connectivity index (χ1n) is 5.68. The molecule has 94 valence electrons. The van der Waals surface area contributed by atoms with E-state index in [9.17, 15) is 4.79 Å². The number of aromatic nitrogens is 2. The Morgan fingerprint density at radius 3 is 3.00 bits per heavy atom. The van der Waals surface area contributed by atoms with Crippen LogP contribution in [0.15, 0.2) is 30.7 Å². The third-order valence-electron chi connectivity index (χ3n) is 2.60. The van der Waals surface area contributed by atoms with E-state index in [0.29, 0.717) is 17.1 Å². The molecule has 18 heavy (non-hydrogen) atoms. The molecule has 1 aromatic heterocycles. The number of H-pyrrole nitrogens is 1. The Balaban J connectivity index is 1.91. The molecule has 0 aliphatic heterocycles. The van der Waals surface area contributed by atoms with E-state index in [-0.39, 0.29) is 5.91 Å². The van der Waals surface area contributed by atoms with Crippen molar-refractivity contribution in [2.75, 3.05) is 6.54 Å². The molecule has 1 aromatic carbocycles. The van der Waals surface area contributed by atoms with E-state index in [1.165, 1.54) is 0 Å². The molecule has 2 N–H and O–H groups in total. The van der Waals surface area contributed by atoms with Crippen LogP contribution in [0, 0.1) is 6.92 Å². The molecule has 0 spiro atoms. The predicted octanol–water partition coefficient (Wildman–Crippen LogP) is 2.34. The van der Waals surface area contributed by atoms with E-state index in [2.05, 4.69) is 15.3 Å². The highest BCUT2D eigenvalue weighted by molar-refractivity contribution is 6.33. The molecule has 1 heterocycles. The average molecular weight is 264 g/mol. The number of amides is 1. The van der Waals surface area contributed by atoms with Crippen molar-refractivity contribution in [2.45, 2.75) is 13.3 Å². The number of halogens is 1. The van der Waals surface area contributed by atoms with Gasteiger partial charge in [-0.2, -0.15) is 0 Å². The SMILES string of the molecule is Cc1ccc(C(=O)NCCc2cnc[nH]2)c(Cl)c1. The van der Waals surface area contributed by atoms with Gasteiger partial charge in [-0.05, 0) is 24.6 Å². The Bertz CT molecular complexity index is 537. The molecule has 2 rings (SSSR count). The molecule has 0 saturated carbocycles. The molecule has 0 aliphatic rings. The van der Waals surface area contributed by atoms with Crippen LogP contribution in [0.4, 0.5) is 0 Å². The van der Waals surface area contributed by atoms with Crippen molar-refractivity contribution in [3.05, 3.63) is 52.6 Å². The minimum atomic E-state index is -0.153. The molecule has 1 amide bonds. The fourth-order valence-electron chi connectivity index (χ4n) is 1.63. The summed E-state index contributed by atoms with van der Waals surface area (Å²) in [6.07, 6.45) is 4.08. The van der Waals surface area contributed by atoms with Gasteiger partial charge in [0, 0.05) is 24.9 Å². The molecule has 0 unspecified atom stereocenters. The monoisotopic (exact) mass is 263 g/mol. The number of benzene rings is 1. The first-order chi connectivity index (χ1) is 8.66. The summed E-state index contributed by atoms with van der Waals surface area (Å²) in [7, 11) is 0. The van der Waals surface area contributed by atoms with E-state index >= 15 is 0 Å². The van der Waals surface area contributed by atoms with Crippen molar-refractivity contribution in [3.8, 4) is 0 Å². The number of imidazole rings is 1. The van der Waals surface area contributed by atoms with Gasteiger partial charge in [-0.3, -0.25) is 4.79 Å². The fraction of sp³-hybridized carbons (Fsp3) is 0.231. The molecule has 0 bridgehead atoms. The van der Waals surface area contributed by atoms with E-state index in [4.69, 9.17) is 11.6 Å². The van der Waals surface area contributed by atoms with Crippen molar-refractivity contribution < 1.29 is 4.79 Å². The lowest BCUT2D eigenvalue weighted by Crippen LogP contribution is -2.26. The number of nitrogens with one attached hydrogen (secondary N) is 2. The standard InChI is InChI=1S/C13H14ClN3O/c1-9-2-3-11(12(14)6-9)13(18)16-5-4-10-7-15-8-17-10/h2-3,6-8H,4-5H2,1H3,(H,15,17)(H,16,18). The van der Waals surface area contributed by atoms with Crippen LogP contribution in [0.1, 0.15) is 21.6 Å². The zero-order valence-electron chi connectivity index (χ0n) is 10.0. The lowest BCUT2D eigenvalue weighted by atomic mass is 10.1. The van der Waals surface area contributed by atoms with Crippen molar-refractivity contribution in [2.24, 2.45) is 0 Å². The summed E-state index contributed by atoms with van der Waals surface area (Å²) in [5, 5.41) is 3.31. The smallest absolute Gasteiger partial charge is 0.252 e. The van der Waals surface area contributed by atoms with E-state index in [1.807, 2.05) is 13.0 Å². The van der Waals surface area contributed by atoms with E-state index in [1.54, 1.807) is 24.7 Å². The van der Waals surface area contributed by atoms with Gasteiger partial charge in [0.1, 0.15) is 0 Å². The summed E-state index contributed by atoms with van der Waals surface area (Å²) in [6, 6.07) is 5.39. The Kier molecular flexibility index (Phi) is 3.99. The van der Waals surface area contributed by atoms with Gasteiger partial charge in [-0.25, -0.2) is 4.98 Å². The molecular formula is C13H14ClN3O. The molecule has 0 aliphatic carbocycles. The zero-order chi connectivity index (χ0) is 13.0. The van der Waals surface area contributed by atoms with Gasteiger partial charge < -0.3 is 10.3 Å². The maximum absolute atomic E-state index is 11.9. The van der Waals surface area contributed by atoms with Gasteiger partial charge in [-0.1, -0.05) is 17.7 Å². The third-order valence-corrected chi connectivity index (χ3v) is 2.92. The lowest BCUT2D eigenvalue weighted by Gasteiger charge is -2.06. The van der Waals surface area contributed by atoms with E-state index in [0.717, 1.165) is 17.7 Å². The molecule has 0 fully saturated rings. The van der Waals surface area contributed by atoms with Crippen LogP contribution in [-0.2, 0) is 6.42 Å². The number of hydrogen-bond donors (Lipinski definition) is 2. The summed E-state index contributed by atoms with van der Waals surface area (Å²) >= 11 is 6.03. The highest BCUT2D eigenvalue weighted by Gasteiger charge is 2.09. The predicted molar refractivity (Wildman–Crippen MR) is 70.8 cm³/mol. The highest BCUT2D eigenvalue weighted by Crippen LogP contribution is 2.17. The van der Waals surface area contributed by atoms with Crippen molar-refractivity contribution in [3.63, 3.8) is 0 Å². The summed E-state index contributed by atoms with van der Waals surface area (Å²) in [4.78, 5) is 18.8. The third kappa shape index (κ3) is 3.11. The molecule has 2 aromatic rings. The van der Waals surface area contributed by atoms with Crippen LogP contribution in [0.25, 0.3) is 0 Å². The van der Waals surface area contributed by atoms with Crippen LogP contribution in [0.2, 0.25) is 5.02 Å². The lowest BCUT2D eigenvalue weighted by molar-refractivity contribution is 0.0954. The quantitative estimate of drug-likeness (QED) is 0.890. The van der Waals surface area contributed by atoms with Gasteiger partial charge >= 0.3 is 0 Å². The Labute approximate surface area is 110 Å². The van der Waals surface area contributed by atoms with E-state index < -0.39 is 0 Å². The first kappa shape index (κ1) is 12.6. The van der Waals surface area contributed by atoms with Crippen molar-refractivity contribution in [1.29, 1.82) is 0 Å². The van der Waals surface area contributed by atoms with Crippen LogP contribution >= 0.6 is 11.6 Å². The number of nitrogens with zero attached hydrogens (tertiary/aromatic N) is 1. The average Bonchev–Trinajstić information content (AvgIpc) is 2.81. The normalized spacial score (nSPS) is 10.3. The topological polar surface area (TPSA) is 57.8 Å². The second-order valence-electron chi connectivity index (χ2n) is 4.07. The Hall–Kier alpha value is -1.81. The molecular weight excluding hydrogens is 250 g/mol. The number of hydrogen-bond acceptors (Lipinski definition) is 2. The van der Waals surface area contributed by atoms with Gasteiger partial charge in [0.2, 0.25) is 0 Å². The highest BCUT2D eigenvalue weighted by atomic mass is 35.5. The molecule has 0 atom stereocenters. The van der Waals surface area contributed by atoms with Gasteiger partial charge in [0.15, 0.2) is 0 Å². The maximum Gasteiger partial charge on any atom is 0.252 e. The molecule has 0 radical (unpaired) electrons. The van der Waals surface area contributed by atoms with Crippen LogP contribution in [-0.4, -0.2) is 22.4 Å². The number of carbonyl (C=O) groups excluding carboxylic acids is 1. The maximum atomic E-state index is 11.9. The Morgan fingerprint density at radius 2 is 2.33 bits per heavy atom. The molecule has 5 heteroatoms. The minimum Gasteiger partial charge on any atom is -0.352 e. The van der Waals surface area contributed by atoms with Crippen molar-refractivity contribution in [1.82, 2.24) is 15.3 Å². The zero-order valence-corrected chi connectivity index (χ0v) is 10.8. The Morgan fingerprint density at radius 1 is 1.50 bits per heavy atom. The number of rotatable bonds is 4. The summed E-state index contributed by atoms with van der Waals surface area (Å²) < 4.78 is 0.